The Labute approximate surface area is 106 Å². The van der Waals surface area contributed by atoms with Gasteiger partial charge in [0.15, 0.2) is 0 Å². The number of benzene rings is 1. The molecule has 1 aromatic rings. The molecule has 1 saturated heterocycles. The number of aldehydes is 1. The van der Waals surface area contributed by atoms with Gasteiger partial charge in [0.1, 0.15) is 12.0 Å². The molecule has 0 spiro atoms. The fourth-order valence-corrected chi connectivity index (χ4v) is 2.96. The van der Waals surface area contributed by atoms with E-state index in [2.05, 4.69) is 0 Å². The van der Waals surface area contributed by atoms with Crippen molar-refractivity contribution in [1.29, 1.82) is 0 Å². The predicted octanol–water partition coefficient (Wildman–Crippen LogP) is 0.976. The standard InChI is InChI=1S/C11H12N2O4S/c14-8-9-1-2-10(11(7-9)13(15)16)12-3-5-18(17)6-4-12/h1-2,7-8H,3-6H2. The number of nitro benzene ring substituents is 1. The van der Waals surface area contributed by atoms with E-state index < -0.39 is 15.7 Å². The van der Waals surface area contributed by atoms with Gasteiger partial charge in [-0.3, -0.25) is 19.1 Å². The molecule has 6 nitrogen and oxygen atoms in total. The highest BCUT2D eigenvalue weighted by Crippen LogP contribution is 2.29. The molecule has 0 saturated carbocycles. The zero-order valence-electron chi connectivity index (χ0n) is 9.57. The maximum absolute atomic E-state index is 11.3. The van der Waals surface area contributed by atoms with Crippen LogP contribution < -0.4 is 4.90 Å². The fraction of sp³-hybridized carbons (Fsp3) is 0.364. The van der Waals surface area contributed by atoms with Crippen LogP contribution in [0.2, 0.25) is 0 Å². The lowest BCUT2D eigenvalue weighted by atomic mass is 10.1. The maximum Gasteiger partial charge on any atom is 0.293 e. The molecule has 0 atom stereocenters. The van der Waals surface area contributed by atoms with Crippen LogP contribution >= 0.6 is 0 Å². The Balaban J connectivity index is 2.34. The van der Waals surface area contributed by atoms with Crippen molar-refractivity contribution in [3.8, 4) is 0 Å². The molecule has 0 amide bonds. The minimum Gasteiger partial charge on any atom is -0.364 e. The monoisotopic (exact) mass is 268 g/mol. The Morgan fingerprint density at radius 2 is 2.00 bits per heavy atom. The van der Waals surface area contributed by atoms with Crippen molar-refractivity contribution in [2.75, 3.05) is 29.5 Å². The first-order valence-corrected chi connectivity index (χ1v) is 6.94. The van der Waals surface area contributed by atoms with Gasteiger partial charge < -0.3 is 4.90 Å². The van der Waals surface area contributed by atoms with Gasteiger partial charge in [-0.05, 0) is 12.1 Å². The van der Waals surface area contributed by atoms with Gasteiger partial charge in [-0.1, -0.05) is 0 Å². The van der Waals surface area contributed by atoms with Crippen LogP contribution in [0.4, 0.5) is 11.4 Å². The SMILES string of the molecule is O=Cc1ccc(N2CCS(=O)CC2)c([N+](=O)[O-])c1. The number of carbonyl (C=O) groups is 1. The van der Waals surface area contributed by atoms with E-state index in [1.54, 1.807) is 12.1 Å². The van der Waals surface area contributed by atoms with Gasteiger partial charge in [-0.25, -0.2) is 0 Å². The Kier molecular flexibility index (Phi) is 3.71. The summed E-state index contributed by atoms with van der Waals surface area (Å²) < 4.78 is 11.3. The van der Waals surface area contributed by atoms with Crippen LogP contribution in [0, 0.1) is 10.1 Å². The fourth-order valence-electron chi connectivity index (χ4n) is 1.91. The summed E-state index contributed by atoms with van der Waals surface area (Å²) in [6.45, 7) is 1.07. The Hall–Kier alpha value is -1.76. The molecular formula is C11H12N2O4S. The van der Waals surface area contributed by atoms with Crippen molar-refractivity contribution in [3.63, 3.8) is 0 Å². The molecule has 0 radical (unpaired) electrons. The summed E-state index contributed by atoms with van der Waals surface area (Å²) in [5, 5.41) is 11.0. The van der Waals surface area contributed by atoms with Gasteiger partial charge in [0, 0.05) is 47.0 Å². The van der Waals surface area contributed by atoms with E-state index in [0.29, 0.717) is 36.6 Å². The van der Waals surface area contributed by atoms with Gasteiger partial charge in [-0.15, -0.1) is 0 Å². The molecule has 0 bridgehead atoms. The predicted molar refractivity (Wildman–Crippen MR) is 68.6 cm³/mol. The van der Waals surface area contributed by atoms with Gasteiger partial charge in [0.2, 0.25) is 0 Å². The number of nitro groups is 1. The molecule has 18 heavy (non-hydrogen) atoms. The zero-order valence-corrected chi connectivity index (χ0v) is 10.4. The molecule has 1 aliphatic rings. The molecule has 0 N–H and O–H groups in total. The van der Waals surface area contributed by atoms with Crippen LogP contribution in [-0.2, 0) is 10.8 Å². The molecule has 7 heteroatoms. The first-order valence-electron chi connectivity index (χ1n) is 5.45. The summed E-state index contributed by atoms with van der Waals surface area (Å²) in [4.78, 5) is 23.0. The lowest BCUT2D eigenvalue weighted by Gasteiger charge is -2.28. The van der Waals surface area contributed by atoms with Crippen LogP contribution in [0.5, 0.6) is 0 Å². The van der Waals surface area contributed by atoms with Crippen LogP contribution in [0.1, 0.15) is 10.4 Å². The normalized spacial score (nSPS) is 16.6. The highest BCUT2D eigenvalue weighted by molar-refractivity contribution is 7.85. The summed E-state index contributed by atoms with van der Waals surface area (Å²) in [5.41, 5.74) is 0.695. The lowest BCUT2D eigenvalue weighted by molar-refractivity contribution is -0.384. The molecule has 0 aromatic heterocycles. The van der Waals surface area contributed by atoms with Crippen molar-refractivity contribution in [2.24, 2.45) is 0 Å². The topological polar surface area (TPSA) is 80.5 Å². The lowest BCUT2D eigenvalue weighted by Crippen LogP contribution is -2.38. The number of anilines is 1. The number of carbonyl (C=O) groups excluding carboxylic acids is 1. The first kappa shape index (κ1) is 12.7. The number of rotatable bonds is 3. The quantitative estimate of drug-likeness (QED) is 0.463. The zero-order chi connectivity index (χ0) is 13.1. The summed E-state index contributed by atoms with van der Waals surface area (Å²) in [5.74, 6) is 1.04. The van der Waals surface area contributed by atoms with Crippen molar-refractivity contribution in [2.45, 2.75) is 0 Å². The summed E-state index contributed by atoms with van der Waals surface area (Å²) in [6.07, 6.45) is 0.585. The summed E-state index contributed by atoms with van der Waals surface area (Å²) in [6, 6.07) is 4.41. The molecule has 1 fully saturated rings. The highest BCUT2D eigenvalue weighted by Gasteiger charge is 2.23. The van der Waals surface area contributed by atoms with Gasteiger partial charge in [-0.2, -0.15) is 0 Å². The minimum atomic E-state index is -0.826. The molecule has 1 aromatic carbocycles. The number of hydrogen-bond donors (Lipinski definition) is 0. The maximum atomic E-state index is 11.3. The van der Waals surface area contributed by atoms with Crippen molar-refractivity contribution < 1.29 is 13.9 Å². The van der Waals surface area contributed by atoms with E-state index >= 15 is 0 Å². The minimum absolute atomic E-state index is 0.0766. The molecular weight excluding hydrogens is 256 g/mol. The first-order chi connectivity index (χ1) is 8.61. The average Bonchev–Trinajstić information content (AvgIpc) is 2.39. The van der Waals surface area contributed by atoms with Crippen LogP contribution in [0.3, 0.4) is 0 Å². The molecule has 96 valence electrons. The second-order valence-electron chi connectivity index (χ2n) is 3.96. The van der Waals surface area contributed by atoms with Crippen LogP contribution in [0.15, 0.2) is 18.2 Å². The number of hydrogen-bond acceptors (Lipinski definition) is 5. The molecule has 0 aliphatic carbocycles. The largest absolute Gasteiger partial charge is 0.364 e. The summed E-state index contributed by atoms with van der Waals surface area (Å²) >= 11 is 0. The molecule has 1 aliphatic heterocycles. The van der Waals surface area contributed by atoms with E-state index in [4.69, 9.17) is 0 Å². The molecule has 1 heterocycles. The van der Waals surface area contributed by atoms with Crippen molar-refractivity contribution in [3.05, 3.63) is 33.9 Å². The molecule has 0 unspecified atom stereocenters. The van der Waals surface area contributed by atoms with Gasteiger partial charge in [0.05, 0.1) is 4.92 Å². The molecule has 2 rings (SSSR count). The van der Waals surface area contributed by atoms with Crippen LogP contribution in [-0.4, -0.2) is 40.0 Å². The Bertz CT molecular complexity index is 508. The smallest absolute Gasteiger partial charge is 0.293 e. The highest BCUT2D eigenvalue weighted by atomic mass is 32.2. The van der Waals surface area contributed by atoms with E-state index in [0.717, 1.165) is 0 Å². The third-order valence-electron chi connectivity index (χ3n) is 2.85. The third-order valence-corrected chi connectivity index (χ3v) is 4.13. The van der Waals surface area contributed by atoms with E-state index in [1.165, 1.54) is 6.07 Å². The van der Waals surface area contributed by atoms with Gasteiger partial charge >= 0.3 is 0 Å². The Morgan fingerprint density at radius 1 is 1.33 bits per heavy atom. The third kappa shape index (κ3) is 2.56. The van der Waals surface area contributed by atoms with Crippen molar-refractivity contribution in [1.82, 2.24) is 0 Å². The average molecular weight is 268 g/mol. The van der Waals surface area contributed by atoms with E-state index in [1.807, 2.05) is 4.90 Å². The van der Waals surface area contributed by atoms with E-state index in [-0.39, 0.29) is 11.3 Å². The Morgan fingerprint density at radius 3 is 2.56 bits per heavy atom. The second kappa shape index (κ2) is 5.26. The van der Waals surface area contributed by atoms with E-state index in [9.17, 15) is 19.1 Å². The van der Waals surface area contributed by atoms with Crippen molar-refractivity contribution >= 4 is 28.5 Å². The van der Waals surface area contributed by atoms with Crippen LogP contribution in [0.25, 0.3) is 0 Å². The number of nitrogens with zero attached hydrogens (tertiary/aromatic N) is 2. The second-order valence-corrected chi connectivity index (χ2v) is 5.65. The van der Waals surface area contributed by atoms with Gasteiger partial charge in [0.25, 0.3) is 5.69 Å². The summed E-state index contributed by atoms with van der Waals surface area (Å²) in [7, 11) is -0.826.